The van der Waals surface area contributed by atoms with Crippen molar-refractivity contribution in [2.75, 3.05) is 32.8 Å². The molecule has 1 fully saturated rings. The molecule has 0 aliphatic carbocycles. The minimum Gasteiger partial charge on any atom is -0.377 e. The molecule has 16 heavy (non-hydrogen) atoms. The van der Waals surface area contributed by atoms with Crippen LogP contribution in [0.5, 0.6) is 0 Å². The van der Waals surface area contributed by atoms with Crippen LogP contribution in [-0.4, -0.2) is 54.3 Å². The number of thioether (sulfide) groups is 1. The van der Waals surface area contributed by atoms with Crippen molar-refractivity contribution in [3.63, 3.8) is 0 Å². The Balaban J connectivity index is 2.25. The van der Waals surface area contributed by atoms with E-state index < -0.39 is 0 Å². The summed E-state index contributed by atoms with van der Waals surface area (Å²) in [7, 11) is 0. The first-order valence-electron chi connectivity index (χ1n) is 6.35. The smallest absolute Gasteiger partial charge is 0.0709 e. The largest absolute Gasteiger partial charge is 0.377 e. The molecule has 0 aromatic carbocycles. The highest BCUT2D eigenvalue weighted by atomic mass is 32.2. The first kappa shape index (κ1) is 14.3. The first-order valence-corrected chi connectivity index (χ1v) is 7.29. The van der Waals surface area contributed by atoms with Crippen LogP contribution >= 0.6 is 11.8 Å². The van der Waals surface area contributed by atoms with Gasteiger partial charge in [0.2, 0.25) is 0 Å². The standard InChI is InChI=1S/C12H26N2OS/c1-4-15-12(7-13)5-6-14-8-10(2)16-11(3)9-14/h10-12H,4-9,13H2,1-3H3. The maximum atomic E-state index is 5.68. The SMILES string of the molecule is CCOC(CN)CCN1CC(C)SC(C)C1. The molecule has 0 spiro atoms. The summed E-state index contributed by atoms with van der Waals surface area (Å²) in [5, 5.41) is 1.51. The molecule has 96 valence electrons. The lowest BCUT2D eigenvalue weighted by molar-refractivity contribution is 0.0542. The summed E-state index contributed by atoms with van der Waals surface area (Å²) in [6.45, 7) is 11.6. The third-order valence-electron chi connectivity index (χ3n) is 2.93. The molecule has 3 unspecified atom stereocenters. The third kappa shape index (κ3) is 5.04. The van der Waals surface area contributed by atoms with Crippen LogP contribution in [0.15, 0.2) is 0 Å². The van der Waals surface area contributed by atoms with Gasteiger partial charge in [0.15, 0.2) is 0 Å². The molecule has 0 aromatic heterocycles. The number of hydrogen-bond donors (Lipinski definition) is 1. The van der Waals surface area contributed by atoms with Gasteiger partial charge in [-0.25, -0.2) is 0 Å². The monoisotopic (exact) mass is 246 g/mol. The van der Waals surface area contributed by atoms with E-state index in [1.54, 1.807) is 0 Å². The van der Waals surface area contributed by atoms with Crippen LogP contribution in [0.1, 0.15) is 27.2 Å². The van der Waals surface area contributed by atoms with Crippen molar-refractivity contribution in [1.82, 2.24) is 4.90 Å². The summed E-state index contributed by atoms with van der Waals surface area (Å²) in [4.78, 5) is 2.55. The molecule has 4 heteroatoms. The van der Waals surface area contributed by atoms with Crippen LogP contribution in [0.25, 0.3) is 0 Å². The summed E-state index contributed by atoms with van der Waals surface area (Å²) in [6, 6.07) is 0. The lowest BCUT2D eigenvalue weighted by Crippen LogP contribution is -2.42. The van der Waals surface area contributed by atoms with Gasteiger partial charge >= 0.3 is 0 Å². The highest BCUT2D eigenvalue weighted by molar-refractivity contribution is 8.00. The Bertz CT molecular complexity index is 182. The Hall–Kier alpha value is 0.230. The fourth-order valence-corrected chi connectivity index (χ4v) is 3.69. The fourth-order valence-electron chi connectivity index (χ4n) is 2.30. The molecule has 1 rings (SSSR count). The van der Waals surface area contributed by atoms with Gasteiger partial charge in [0.05, 0.1) is 6.10 Å². The Labute approximate surface area is 104 Å². The minimum absolute atomic E-state index is 0.241. The minimum atomic E-state index is 0.241. The van der Waals surface area contributed by atoms with Crippen LogP contribution in [-0.2, 0) is 4.74 Å². The number of hydrogen-bond acceptors (Lipinski definition) is 4. The van der Waals surface area contributed by atoms with Crippen LogP contribution < -0.4 is 5.73 Å². The van der Waals surface area contributed by atoms with Crippen molar-refractivity contribution in [3.05, 3.63) is 0 Å². The van der Waals surface area contributed by atoms with Gasteiger partial charge in [-0.3, -0.25) is 0 Å². The summed E-state index contributed by atoms with van der Waals surface area (Å²) in [5.41, 5.74) is 5.68. The Morgan fingerprint density at radius 1 is 1.38 bits per heavy atom. The predicted molar refractivity (Wildman–Crippen MR) is 72.0 cm³/mol. The normalized spacial score (nSPS) is 29.2. The van der Waals surface area contributed by atoms with E-state index in [2.05, 4.69) is 30.5 Å². The number of nitrogens with two attached hydrogens (primary N) is 1. The zero-order chi connectivity index (χ0) is 12.0. The van der Waals surface area contributed by atoms with Gasteiger partial charge in [0.1, 0.15) is 0 Å². The quantitative estimate of drug-likeness (QED) is 0.772. The summed E-state index contributed by atoms with van der Waals surface area (Å²) >= 11 is 2.10. The van der Waals surface area contributed by atoms with Crippen molar-refractivity contribution in [2.45, 2.75) is 43.8 Å². The van der Waals surface area contributed by atoms with Gasteiger partial charge in [-0.2, -0.15) is 11.8 Å². The van der Waals surface area contributed by atoms with E-state index in [0.29, 0.717) is 6.54 Å². The number of nitrogens with zero attached hydrogens (tertiary/aromatic N) is 1. The average Bonchev–Trinajstić information content (AvgIpc) is 2.23. The van der Waals surface area contributed by atoms with Gasteiger partial charge < -0.3 is 15.4 Å². The van der Waals surface area contributed by atoms with Crippen molar-refractivity contribution >= 4 is 11.8 Å². The second-order valence-electron chi connectivity index (χ2n) is 4.62. The lowest BCUT2D eigenvalue weighted by Gasteiger charge is -2.35. The Kier molecular flexibility index (Phi) is 6.73. The van der Waals surface area contributed by atoms with E-state index >= 15 is 0 Å². The third-order valence-corrected chi connectivity index (χ3v) is 4.16. The topological polar surface area (TPSA) is 38.5 Å². The molecule has 0 saturated carbocycles. The number of ether oxygens (including phenoxy) is 1. The van der Waals surface area contributed by atoms with E-state index in [-0.39, 0.29) is 6.10 Å². The van der Waals surface area contributed by atoms with E-state index in [0.717, 1.165) is 30.1 Å². The molecule has 3 nitrogen and oxygen atoms in total. The zero-order valence-electron chi connectivity index (χ0n) is 10.8. The van der Waals surface area contributed by atoms with E-state index in [9.17, 15) is 0 Å². The van der Waals surface area contributed by atoms with Gasteiger partial charge in [0, 0.05) is 43.3 Å². The molecule has 2 N–H and O–H groups in total. The van der Waals surface area contributed by atoms with E-state index in [1.165, 1.54) is 13.1 Å². The van der Waals surface area contributed by atoms with Crippen molar-refractivity contribution in [3.8, 4) is 0 Å². The average molecular weight is 246 g/mol. The highest BCUT2D eigenvalue weighted by Crippen LogP contribution is 2.24. The molecule has 1 saturated heterocycles. The van der Waals surface area contributed by atoms with Crippen LogP contribution in [0.2, 0.25) is 0 Å². The predicted octanol–water partition coefficient (Wildman–Crippen LogP) is 1.57. The van der Waals surface area contributed by atoms with Crippen LogP contribution in [0.4, 0.5) is 0 Å². The molecule has 3 atom stereocenters. The molecule has 0 aromatic rings. The van der Waals surface area contributed by atoms with Crippen molar-refractivity contribution < 1.29 is 4.74 Å². The van der Waals surface area contributed by atoms with Gasteiger partial charge in [-0.15, -0.1) is 0 Å². The maximum Gasteiger partial charge on any atom is 0.0709 e. The Morgan fingerprint density at radius 2 is 2.00 bits per heavy atom. The van der Waals surface area contributed by atoms with E-state index in [1.807, 2.05) is 6.92 Å². The Morgan fingerprint density at radius 3 is 2.50 bits per heavy atom. The molecular weight excluding hydrogens is 220 g/mol. The van der Waals surface area contributed by atoms with Crippen molar-refractivity contribution in [1.29, 1.82) is 0 Å². The summed E-state index contributed by atoms with van der Waals surface area (Å²) in [5.74, 6) is 0. The second-order valence-corrected chi connectivity index (χ2v) is 6.50. The maximum absolute atomic E-state index is 5.68. The van der Waals surface area contributed by atoms with Gasteiger partial charge in [0.25, 0.3) is 0 Å². The molecule has 0 bridgehead atoms. The molecule has 1 heterocycles. The molecular formula is C12H26N2OS. The van der Waals surface area contributed by atoms with Gasteiger partial charge in [-0.1, -0.05) is 13.8 Å². The summed E-state index contributed by atoms with van der Waals surface area (Å²) in [6.07, 6.45) is 1.30. The molecule has 0 amide bonds. The lowest BCUT2D eigenvalue weighted by atomic mass is 10.2. The molecule has 1 aliphatic heterocycles. The second kappa shape index (κ2) is 7.54. The van der Waals surface area contributed by atoms with Crippen LogP contribution in [0.3, 0.4) is 0 Å². The van der Waals surface area contributed by atoms with E-state index in [4.69, 9.17) is 10.5 Å². The summed E-state index contributed by atoms with van der Waals surface area (Å²) < 4.78 is 5.58. The zero-order valence-corrected chi connectivity index (χ0v) is 11.6. The highest BCUT2D eigenvalue weighted by Gasteiger charge is 2.22. The number of rotatable bonds is 6. The fraction of sp³-hybridized carbons (Fsp3) is 1.00. The van der Waals surface area contributed by atoms with Gasteiger partial charge in [-0.05, 0) is 13.3 Å². The first-order chi connectivity index (χ1) is 7.65. The molecule has 0 radical (unpaired) electrons. The van der Waals surface area contributed by atoms with Crippen molar-refractivity contribution in [2.24, 2.45) is 5.73 Å². The molecule has 1 aliphatic rings. The van der Waals surface area contributed by atoms with Crippen LogP contribution in [0, 0.1) is 0 Å².